The third-order valence-electron chi connectivity index (χ3n) is 4.39. The fourth-order valence-electron chi connectivity index (χ4n) is 3.06. The Morgan fingerprint density at radius 2 is 2.14 bits per heavy atom. The summed E-state index contributed by atoms with van der Waals surface area (Å²) in [6, 6.07) is 7.98. The zero-order valence-electron chi connectivity index (χ0n) is 14.7. The molecule has 0 spiro atoms. The van der Waals surface area contributed by atoms with E-state index < -0.39 is 10.9 Å². The van der Waals surface area contributed by atoms with Gasteiger partial charge in [-0.2, -0.15) is 4.98 Å². The fraction of sp³-hybridized carbons (Fsp3) is 0.278. The predicted molar refractivity (Wildman–Crippen MR) is 101 cm³/mol. The van der Waals surface area contributed by atoms with E-state index in [0.29, 0.717) is 11.5 Å². The second-order valence-electron chi connectivity index (χ2n) is 6.22. The number of ether oxygens (including phenoxy) is 1. The molecule has 3 aromatic rings. The summed E-state index contributed by atoms with van der Waals surface area (Å²) in [5.41, 5.74) is 0.639. The van der Waals surface area contributed by atoms with Crippen LogP contribution >= 0.6 is 11.3 Å². The van der Waals surface area contributed by atoms with E-state index in [-0.39, 0.29) is 23.7 Å². The summed E-state index contributed by atoms with van der Waals surface area (Å²) in [6.07, 6.45) is 2.03. The SMILES string of the molecule is O=C(OCc1nc(-c2cccs2)no1)c1cc([N+](=O)[O-])ccc1N1CCCC1. The molecule has 1 saturated heterocycles. The molecule has 3 heterocycles. The van der Waals surface area contributed by atoms with Crippen LogP contribution in [0.5, 0.6) is 0 Å². The maximum atomic E-state index is 12.6. The van der Waals surface area contributed by atoms with Crippen molar-refractivity contribution in [2.24, 2.45) is 0 Å². The van der Waals surface area contributed by atoms with E-state index in [0.717, 1.165) is 30.8 Å². The lowest BCUT2D eigenvalue weighted by atomic mass is 10.1. The predicted octanol–water partition coefficient (Wildman–Crippen LogP) is 3.66. The number of hydrogen-bond acceptors (Lipinski definition) is 9. The molecule has 4 rings (SSSR count). The Kier molecular flexibility index (Phi) is 5.02. The van der Waals surface area contributed by atoms with Crippen LogP contribution in [0.1, 0.15) is 29.1 Å². The molecule has 144 valence electrons. The van der Waals surface area contributed by atoms with Gasteiger partial charge in [-0.05, 0) is 30.4 Å². The Balaban J connectivity index is 1.52. The summed E-state index contributed by atoms with van der Waals surface area (Å²) in [5, 5.41) is 16.9. The van der Waals surface area contributed by atoms with Crippen LogP contribution in [0.2, 0.25) is 0 Å². The number of nitro benzene ring substituents is 1. The molecule has 9 nitrogen and oxygen atoms in total. The monoisotopic (exact) mass is 400 g/mol. The van der Waals surface area contributed by atoms with Crippen LogP contribution in [-0.4, -0.2) is 34.1 Å². The minimum Gasteiger partial charge on any atom is -0.452 e. The van der Waals surface area contributed by atoms with Crippen molar-refractivity contribution in [3.63, 3.8) is 0 Å². The van der Waals surface area contributed by atoms with E-state index in [1.807, 2.05) is 22.4 Å². The van der Waals surface area contributed by atoms with Gasteiger partial charge in [-0.3, -0.25) is 10.1 Å². The van der Waals surface area contributed by atoms with E-state index >= 15 is 0 Å². The first-order valence-electron chi connectivity index (χ1n) is 8.69. The maximum Gasteiger partial charge on any atom is 0.341 e. The zero-order valence-corrected chi connectivity index (χ0v) is 15.6. The highest BCUT2D eigenvalue weighted by atomic mass is 32.1. The van der Waals surface area contributed by atoms with E-state index in [1.165, 1.54) is 23.5 Å². The standard InChI is InChI=1S/C18H16N4O5S/c23-18(26-11-16-19-17(20-27-16)15-4-3-9-28-15)13-10-12(22(24)25)5-6-14(13)21-7-1-2-8-21/h3-6,9-10H,1-2,7-8,11H2. The van der Waals surface area contributed by atoms with Gasteiger partial charge in [0.15, 0.2) is 6.61 Å². The fourth-order valence-corrected chi connectivity index (χ4v) is 3.71. The molecular weight excluding hydrogens is 384 g/mol. The number of non-ortho nitro benzene ring substituents is 1. The molecule has 0 bridgehead atoms. The van der Waals surface area contributed by atoms with Crippen molar-refractivity contribution in [3.05, 3.63) is 57.3 Å². The molecule has 10 heteroatoms. The number of carbonyl (C=O) groups excluding carboxylic acids is 1. The first-order valence-corrected chi connectivity index (χ1v) is 9.57. The molecule has 0 radical (unpaired) electrons. The highest BCUT2D eigenvalue weighted by Crippen LogP contribution is 2.29. The normalized spacial score (nSPS) is 13.6. The number of hydrogen-bond donors (Lipinski definition) is 0. The summed E-state index contributed by atoms with van der Waals surface area (Å²) < 4.78 is 10.4. The largest absolute Gasteiger partial charge is 0.452 e. The van der Waals surface area contributed by atoms with Gasteiger partial charge >= 0.3 is 5.97 Å². The maximum absolute atomic E-state index is 12.6. The van der Waals surface area contributed by atoms with Crippen LogP contribution in [0.15, 0.2) is 40.2 Å². The Hall–Kier alpha value is -3.27. The average molecular weight is 400 g/mol. The van der Waals surface area contributed by atoms with Crippen LogP contribution < -0.4 is 4.90 Å². The van der Waals surface area contributed by atoms with Crippen LogP contribution in [0, 0.1) is 10.1 Å². The molecule has 0 N–H and O–H groups in total. The molecule has 1 aliphatic rings. The minimum absolute atomic E-state index is 0.157. The summed E-state index contributed by atoms with van der Waals surface area (Å²) >= 11 is 1.47. The Morgan fingerprint density at radius 3 is 2.86 bits per heavy atom. The summed E-state index contributed by atoms with van der Waals surface area (Å²) in [5.74, 6) is -0.0828. The number of rotatable bonds is 6. The van der Waals surface area contributed by atoms with Crippen molar-refractivity contribution in [1.82, 2.24) is 10.1 Å². The minimum atomic E-state index is -0.665. The highest BCUT2D eigenvalue weighted by Gasteiger charge is 2.24. The molecule has 1 aliphatic heterocycles. The van der Waals surface area contributed by atoms with Gasteiger partial charge in [0.25, 0.3) is 11.6 Å². The summed E-state index contributed by atoms with van der Waals surface area (Å²) in [4.78, 5) is 30.3. The number of nitro groups is 1. The summed E-state index contributed by atoms with van der Waals surface area (Å²) in [7, 11) is 0. The van der Waals surface area contributed by atoms with Gasteiger partial charge in [0, 0.05) is 25.2 Å². The Bertz CT molecular complexity index is 995. The van der Waals surface area contributed by atoms with Crippen molar-refractivity contribution in [3.8, 4) is 10.7 Å². The topological polar surface area (TPSA) is 112 Å². The van der Waals surface area contributed by atoms with Gasteiger partial charge in [-0.25, -0.2) is 4.79 Å². The third kappa shape index (κ3) is 3.72. The van der Waals surface area contributed by atoms with Crippen molar-refractivity contribution >= 4 is 28.7 Å². The van der Waals surface area contributed by atoms with Crippen molar-refractivity contribution in [1.29, 1.82) is 0 Å². The van der Waals surface area contributed by atoms with Crippen molar-refractivity contribution < 1.29 is 19.0 Å². The van der Waals surface area contributed by atoms with Crippen molar-refractivity contribution in [2.45, 2.75) is 19.4 Å². The van der Waals surface area contributed by atoms with Gasteiger partial charge in [0.05, 0.1) is 21.1 Å². The quantitative estimate of drug-likeness (QED) is 0.350. The second kappa shape index (κ2) is 7.77. The lowest BCUT2D eigenvalue weighted by molar-refractivity contribution is -0.384. The number of thiophene rings is 1. The van der Waals surface area contributed by atoms with Crippen LogP contribution in [0.4, 0.5) is 11.4 Å². The van der Waals surface area contributed by atoms with Crippen LogP contribution in [0.25, 0.3) is 10.7 Å². The molecule has 0 amide bonds. The van der Waals surface area contributed by atoms with E-state index in [4.69, 9.17) is 9.26 Å². The Morgan fingerprint density at radius 1 is 1.32 bits per heavy atom. The molecular formula is C18H16N4O5S. The number of nitrogens with zero attached hydrogens (tertiary/aromatic N) is 4. The molecule has 0 unspecified atom stereocenters. The molecule has 28 heavy (non-hydrogen) atoms. The molecule has 0 aliphatic carbocycles. The van der Waals surface area contributed by atoms with Gasteiger partial charge in [0.2, 0.25) is 5.82 Å². The first-order chi connectivity index (χ1) is 13.6. The molecule has 0 atom stereocenters. The lowest BCUT2D eigenvalue weighted by Gasteiger charge is -2.20. The molecule has 1 fully saturated rings. The summed E-state index contributed by atoms with van der Waals surface area (Å²) in [6.45, 7) is 1.39. The smallest absolute Gasteiger partial charge is 0.341 e. The first kappa shape index (κ1) is 18.1. The number of esters is 1. The number of carbonyl (C=O) groups is 1. The van der Waals surface area contributed by atoms with Gasteiger partial charge < -0.3 is 14.2 Å². The van der Waals surface area contributed by atoms with E-state index in [9.17, 15) is 14.9 Å². The van der Waals surface area contributed by atoms with E-state index in [2.05, 4.69) is 10.1 Å². The van der Waals surface area contributed by atoms with Crippen LogP contribution in [-0.2, 0) is 11.3 Å². The van der Waals surface area contributed by atoms with Crippen molar-refractivity contribution in [2.75, 3.05) is 18.0 Å². The molecule has 0 saturated carbocycles. The molecule has 2 aromatic heterocycles. The van der Waals surface area contributed by atoms with Gasteiger partial charge in [0.1, 0.15) is 0 Å². The third-order valence-corrected chi connectivity index (χ3v) is 5.26. The second-order valence-corrected chi connectivity index (χ2v) is 7.17. The van der Waals surface area contributed by atoms with Gasteiger partial charge in [-0.15, -0.1) is 11.3 Å². The zero-order chi connectivity index (χ0) is 19.5. The van der Waals surface area contributed by atoms with E-state index in [1.54, 1.807) is 6.07 Å². The molecule has 1 aromatic carbocycles. The number of benzene rings is 1. The number of anilines is 1. The van der Waals surface area contributed by atoms with Crippen LogP contribution in [0.3, 0.4) is 0 Å². The number of aromatic nitrogens is 2. The van der Waals surface area contributed by atoms with Gasteiger partial charge in [-0.1, -0.05) is 11.2 Å². The highest BCUT2D eigenvalue weighted by molar-refractivity contribution is 7.13. The average Bonchev–Trinajstić information content (AvgIpc) is 3.47. The Labute approximate surface area is 163 Å². The lowest BCUT2D eigenvalue weighted by Crippen LogP contribution is -2.21.